The van der Waals surface area contributed by atoms with Crippen molar-refractivity contribution in [3.8, 4) is 11.4 Å². The van der Waals surface area contributed by atoms with Gasteiger partial charge in [-0.05, 0) is 55.3 Å². The van der Waals surface area contributed by atoms with Gasteiger partial charge in [0.15, 0.2) is 0 Å². The van der Waals surface area contributed by atoms with Gasteiger partial charge in [0.1, 0.15) is 0 Å². The van der Waals surface area contributed by atoms with Crippen LogP contribution in [0.4, 0.5) is 11.4 Å². The highest BCUT2D eigenvalue weighted by Gasteiger charge is 2.21. The lowest BCUT2D eigenvalue weighted by molar-refractivity contribution is -0.117. The van der Waals surface area contributed by atoms with E-state index in [9.17, 15) is 9.59 Å². The second-order valence-electron chi connectivity index (χ2n) is 7.12. The largest absolute Gasteiger partial charge is 0.339 e. The summed E-state index contributed by atoms with van der Waals surface area (Å²) in [6.45, 7) is 0.721. The molecule has 2 aromatic carbocycles. The number of anilines is 2. The van der Waals surface area contributed by atoms with Crippen LogP contribution < -0.4 is 10.2 Å². The van der Waals surface area contributed by atoms with Crippen molar-refractivity contribution in [3.05, 3.63) is 59.4 Å². The Bertz CT molecular complexity index is 1050. The molecular formula is C22H21ClN4O3. The fourth-order valence-corrected chi connectivity index (χ4v) is 3.49. The van der Waals surface area contributed by atoms with E-state index >= 15 is 0 Å². The minimum Gasteiger partial charge on any atom is -0.339 e. The standard InChI is InChI=1S/C22H21ClN4O3/c23-16-11-9-15(10-12-16)22-25-20(30-26-22)7-2-6-19(28)24-17-4-1-5-18(14-17)27-13-3-8-21(27)29/h1,4-5,9-12,14H,2-3,6-8,13H2,(H,24,28). The minimum absolute atomic E-state index is 0.0997. The van der Waals surface area contributed by atoms with Crippen LogP contribution in [0, 0.1) is 0 Å². The summed E-state index contributed by atoms with van der Waals surface area (Å²) in [5, 5.41) is 7.50. The molecule has 1 N–H and O–H groups in total. The van der Waals surface area contributed by atoms with Crippen LogP contribution in [0.2, 0.25) is 5.02 Å². The monoisotopic (exact) mass is 424 g/mol. The Labute approximate surface area is 179 Å². The molecule has 0 spiro atoms. The van der Waals surface area contributed by atoms with Crippen molar-refractivity contribution in [3.63, 3.8) is 0 Å². The first-order chi connectivity index (χ1) is 14.6. The molecule has 3 aromatic rings. The Hall–Kier alpha value is -3.19. The van der Waals surface area contributed by atoms with Crippen molar-refractivity contribution in [2.45, 2.75) is 32.1 Å². The van der Waals surface area contributed by atoms with E-state index in [-0.39, 0.29) is 11.8 Å². The van der Waals surface area contributed by atoms with Gasteiger partial charge in [-0.1, -0.05) is 22.8 Å². The van der Waals surface area contributed by atoms with Gasteiger partial charge in [0.2, 0.25) is 23.5 Å². The number of benzene rings is 2. The number of amides is 2. The lowest BCUT2D eigenvalue weighted by atomic mass is 10.2. The van der Waals surface area contributed by atoms with Crippen LogP contribution >= 0.6 is 11.6 Å². The van der Waals surface area contributed by atoms with Crippen LogP contribution in [0.15, 0.2) is 53.1 Å². The van der Waals surface area contributed by atoms with Crippen molar-refractivity contribution in [1.82, 2.24) is 10.1 Å². The smallest absolute Gasteiger partial charge is 0.227 e. The van der Waals surface area contributed by atoms with Crippen LogP contribution in [-0.4, -0.2) is 28.5 Å². The topological polar surface area (TPSA) is 88.3 Å². The van der Waals surface area contributed by atoms with Crippen molar-refractivity contribution in [2.24, 2.45) is 0 Å². The predicted octanol–water partition coefficient (Wildman–Crippen LogP) is 4.48. The predicted molar refractivity (Wildman–Crippen MR) is 114 cm³/mol. The molecule has 0 radical (unpaired) electrons. The Morgan fingerprint density at radius 1 is 1.20 bits per heavy atom. The molecule has 4 rings (SSSR count). The number of hydrogen-bond acceptors (Lipinski definition) is 5. The molecule has 1 saturated heterocycles. The second kappa shape index (κ2) is 9.09. The third kappa shape index (κ3) is 4.86. The average Bonchev–Trinajstić information content (AvgIpc) is 3.38. The molecular weight excluding hydrogens is 404 g/mol. The lowest BCUT2D eigenvalue weighted by Gasteiger charge is -2.16. The van der Waals surface area contributed by atoms with Gasteiger partial charge in [-0.25, -0.2) is 0 Å². The van der Waals surface area contributed by atoms with E-state index < -0.39 is 0 Å². The number of carbonyl (C=O) groups is 2. The Balaban J connectivity index is 1.27. The van der Waals surface area contributed by atoms with E-state index in [1.807, 2.05) is 36.4 Å². The molecule has 0 saturated carbocycles. The number of halogens is 1. The summed E-state index contributed by atoms with van der Waals surface area (Å²) in [6.07, 6.45) is 2.86. The number of hydrogen-bond donors (Lipinski definition) is 1. The molecule has 154 valence electrons. The molecule has 1 aliphatic rings. The number of nitrogens with one attached hydrogen (secondary N) is 1. The first-order valence-electron chi connectivity index (χ1n) is 9.87. The maximum absolute atomic E-state index is 12.3. The van der Waals surface area contributed by atoms with Crippen LogP contribution in [0.1, 0.15) is 31.6 Å². The summed E-state index contributed by atoms with van der Waals surface area (Å²) >= 11 is 5.89. The van der Waals surface area contributed by atoms with E-state index in [4.69, 9.17) is 16.1 Å². The van der Waals surface area contributed by atoms with Gasteiger partial charge in [-0.15, -0.1) is 0 Å². The number of aryl methyl sites for hydroxylation is 1. The van der Waals surface area contributed by atoms with Crippen LogP contribution in [-0.2, 0) is 16.0 Å². The van der Waals surface area contributed by atoms with Crippen molar-refractivity contribution >= 4 is 34.8 Å². The van der Waals surface area contributed by atoms with Gasteiger partial charge in [0.25, 0.3) is 0 Å². The maximum Gasteiger partial charge on any atom is 0.227 e. The first kappa shape index (κ1) is 20.1. The van der Waals surface area contributed by atoms with Gasteiger partial charge in [-0.3, -0.25) is 9.59 Å². The summed E-state index contributed by atoms with van der Waals surface area (Å²) in [6, 6.07) is 14.6. The van der Waals surface area contributed by atoms with Gasteiger partial charge < -0.3 is 14.7 Å². The molecule has 0 bridgehead atoms. The molecule has 1 fully saturated rings. The van der Waals surface area contributed by atoms with Gasteiger partial charge in [0.05, 0.1) is 0 Å². The molecule has 0 atom stereocenters. The molecule has 2 amide bonds. The van der Waals surface area contributed by atoms with E-state index in [0.29, 0.717) is 48.1 Å². The van der Waals surface area contributed by atoms with E-state index in [0.717, 1.165) is 24.2 Å². The van der Waals surface area contributed by atoms with Crippen molar-refractivity contribution in [1.29, 1.82) is 0 Å². The zero-order chi connectivity index (χ0) is 20.9. The maximum atomic E-state index is 12.3. The Morgan fingerprint density at radius 2 is 2.03 bits per heavy atom. The summed E-state index contributed by atoms with van der Waals surface area (Å²) in [5.74, 6) is 1.01. The molecule has 0 aliphatic carbocycles. The quantitative estimate of drug-likeness (QED) is 0.604. The number of nitrogens with zero attached hydrogens (tertiary/aromatic N) is 3. The highest BCUT2D eigenvalue weighted by Crippen LogP contribution is 2.24. The van der Waals surface area contributed by atoms with Crippen LogP contribution in [0.5, 0.6) is 0 Å². The molecule has 1 aromatic heterocycles. The zero-order valence-electron chi connectivity index (χ0n) is 16.3. The van der Waals surface area contributed by atoms with Gasteiger partial charge >= 0.3 is 0 Å². The van der Waals surface area contributed by atoms with E-state index in [2.05, 4.69) is 15.5 Å². The summed E-state index contributed by atoms with van der Waals surface area (Å²) in [4.78, 5) is 30.3. The molecule has 30 heavy (non-hydrogen) atoms. The third-order valence-electron chi connectivity index (χ3n) is 4.88. The average molecular weight is 425 g/mol. The van der Waals surface area contributed by atoms with E-state index in [1.165, 1.54) is 0 Å². The molecule has 2 heterocycles. The zero-order valence-corrected chi connectivity index (χ0v) is 17.1. The van der Waals surface area contributed by atoms with Gasteiger partial charge in [-0.2, -0.15) is 4.98 Å². The third-order valence-corrected chi connectivity index (χ3v) is 5.13. The molecule has 7 nitrogen and oxygen atoms in total. The highest BCUT2D eigenvalue weighted by atomic mass is 35.5. The Kier molecular flexibility index (Phi) is 6.09. The molecule has 8 heteroatoms. The van der Waals surface area contributed by atoms with Crippen LogP contribution in [0.25, 0.3) is 11.4 Å². The summed E-state index contributed by atoms with van der Waals surface area (Å²) in [5.41, 5.74) is 2.32. The SMILES string of the molecule is O=C(CCCc1nc(-c2ccc(Cl)cc2)no1)Nc1cccc(N2CCCC2=O)c1. The summed E-state index contributed by atoms with van der Waals surface area (Å²) in [7, 11) is 0. The molecule has 0 unspecified atom stereocenters. The second-order valence-corrected chi connectivity index (χ2v) is 7.56. The number of rotatable bonds is 7. The van der Waals surface area contributed by atoms with Gasteiger partial charge in [0, 0.05) is 47.8 Å². The Morgan fingerprint density at radius 3 is 2.80 bits per heavy atom. The lowest BCUT2D eigenvalue weighted by Crippen LogP contribution is -2.23. The first-order valence-corrected chi connectivity index (χ1v) is 10.2. The minimum atomic E-state index is -0.0997. The summed E-state index contributed by atoms with van der Waals surface area (Å²) < 4.78 is 5.27. The molecule has 1 aliphatic heterocycles. The fraction of sp³-hybridized carbons (Fsp3) is 0.273. The van der Waals surface area contributed by atoms with Crippen LogP contribution in [0.3, 0.4) is 0 Å². The van der Waals surface area contributed by atoms with Crippen molar-refractivity contribution < 1.29 is 14.1 Å². The van der Waals surface area contributed by atoms with Crippen molar-refractivity contribution in [2.75, 3.05) is 16.8 Å². The normalized spacial score (nSPS) is 13.6. The fourth-order valence-electron chi connectivity index (χ4n) is 3.37. The number of carbonyl (C=O) groups excluding carboxylic acids is 2. The number of aromatic nitrogens is 2. The highest BCUT2D eigenvalue weighted by molar-refractivity contribution is 6.30. The van der Waals surface area contributed by atoms with E-state index in [1.54, 1.807) is 17.0 Å².